The fourth-order valence-corrected chi connectivity index (χ4v) is 2.82. The van der Waals surface area contributed by atoms with E-state index in [0.717, 1.165) is 34.8 Å². The minimum absolute atomic E-state index is 0.144. The number of nitrogens with zero attached hydrogens (tertiary/aromatic N) is 1. The molecule has 1 heterocycles. The highest BCUT2D eigenvalue weighted by Gasteiger charge is 2.25. The summed E-state index contributed by atoms with van der Waals surface area (Å²) in [5.41, 5.74) is 2.80. The molecule has 1 aliphatic carbocycles. The van der Waals surface area contributed by atoms with Crippen molar-refractivity contribution in [2.45, 2.75) is 26.2 Å². The van der Waals surface area contributed by atoms with Crippen LogP contribution in [0.15, 0.2) is 29.6 Å². The monoisotopic (exact) mass is 272 g/mol. The van der Waals surface area contributed by atoms with Crippen LogP contribution < -0.4 is 5.32 Å². The van der Waals surface area contributed by atoms with Crippen molar-refractivity contribution in [1.82, 2.24) is 4.98 Å². The number of carbonyl (C=O) groups excluding carboxylic acids is 1. The molecular formula is C15H16N2OS. The third-order valence-corrected chi connectivity index (χ3v) is 4.33. The summed E-state index contributed by atoms with van der Waals surface area (Å²) in [4.78, 5) is 16.5. The van der Waals surface area contributed by atoms with Gasteiger partial charge in [-0.1, -0.05) is 24.6 Å². The van der Waals surface area contributed by atoms with E-state index < -0.39 is 0 Å². The number of aromatic nitrogens is 1. The van der Waals surface area contributed by atoms with Gasteiger partial charge in [-0.2, -0.15) is 0 Å². The largest absolute Gasteiger partial charge is 0.325 e. The molecular weight excluding hydrogens is 256 g/mol. The summed E-state index contributed by atoms with van der Waals surface area (Å²) >= 11 is 1.62. The van der Waals surface area contributed by atoms with Crippen LogP contribution in [0.5, 0.6) is 0 Å². The van der Waals surface area contributed by atoms with E-state index in [1.54, 1.807) is 11.3 Å². The summed E-state index contributed by atoms with van der Waals surface area (Å²) in [7, 11) is 0. The van der Waals surface area contributed by atoms with Crippen molar-refractivity contribution in [1.29, 1.82) is 0 Å². The molecule has 0 radical (unpaired) electrons. The Bertz CT molecular complexity index is 602. The molecule has 0 saturated heterocycles. The van der Waals surface area contributed by atoms with Crippen molar-refractivity contribution in [3.05, 3.63) is 34.7 Å². The zero-order chi connectivity index (χ0) is 13.2. The summed E-state index contributed by atoms with van der Waals surface area (Å²) in [6, 6.07) is 7.87. The number of nitrogens with one attached hydrogen (secondary N) is 1. The van der Waals surface area contributed by atoms with Crippen molar-refractivity contribution in [3.8, 4) is 11.3 Å². The number of amides is 1. The third kappa shape index (κ3) is 2.54. The van der Waals surface area contributed by atoms with Crippen LogP contribution in [-0.4, -0.2) is 10.9 Å². The minimum atomic E-state index is 0.144. The molecule has 3 rings (SSSR count). The fourth-order valence-electron chi connectivity index (χ4n) is 2.21. The molecule has 19 heavy (non-hydrogen) atoms. The van der Waals surface area contributed by atoms with E-state index in [4.69, 9.17) is 0 Å². The summed E-state index contributed by atoms with van der Waals surface area (Å²) in [5, 5.41) is 6.11. The Hall–Kier alpha value is -1.68. The maximum atomic E-state index is 12.1. The molecule has 0 unspecified atom stereocenters. The van der Waals surface area contributed by atoms with Gasteiger partial charge in [0.25, 0.3) is 0 Å². The van der Waals surface area contributed by atoms with E-state index in [1.165, 1.54) is 6.42 Å². The van der Waals surface area contributed by atoms with E-state index in [9.17, 15) is 4.79 Å². The molecule has 0 bridgehead atoms. The Labute approximate surface area is 116 Å². The first-order chi connectivity index (χ1) is 9.24. The number of rotatable bonds is 3. The van der Waals surface area contributed by atoms with Crippen molar-refractivity contribution in [3.63, 3.8) is 0 Å². The Morgan fingerprint density at radius 1 is 1.37 bits per heavy atom. The van der Waals surface area contributed by atoms with E-state index in [-0.39, 0.29) is 11.8 Å². The Kier molecular flexibility index (Phi) is 3.34. The lowest BCUT2D eigenvalue weighted by atomic mass is 9.85. The lowest BCUT2D eigenvalue weighted by Gasteiger charge is -2.24. The molecule has 1 amide bonds. The average Bonchev–Trinajstić information content (AvgIpc) is 2.74. The zero-order valence-corrected chi connectivity index (χ0v) is 11.7. The van der Waals surface area contributed by atoms with Gasteiger partial charge in [0, 0.05) is 16.9 Å². The number of benzene rings is 1. The normalized spacial score (nSPS) is 15.0. The molecule has 1 aromatic carbocycles. The van der Waals surface area contributed by atoms with Gasteiger partial charge >= 0.3 is 0 Å². The van der Waals surface area contributed by atoms with Crippen LogP contribution >= 0.6 is 11.3 Å². The van der Waals surface area contributed by atoms with Gasteiger partial charge in [-0.15, -0.1) is 11.3 Å². The highest BCUT2D eigenvalue weighted by Crippen LogP contribution is 2.31. The number of aryl methyl sites for hydroxylation is 1. The van der Waals surface area contributed by atoms with Crippen LogP contribution in [0.1, 0.15) is 24.3 Å². The number of hydrogen-bond donors (Lipinski definition) is 1. The average molecular weight is 272 g/mol. The number of carbonyl (C=O) groups is 1. The summed E-state index contributed by atoms with van der Waals surface area (Å²) in [6.45, 7) is 1.99. The molecule has 1 fully saturated rings. The van der Waals surface area contributed by atoms with Gasteiger partial charge in [-0.3, -0.25) is 4.79 Å². The predicted molar refractivity (Wildman–Crippen MR) is 78.3 cm³/mol. The summed E-state index contributed by atoms with van der Waals surface area (Å²) < 4.78 is 0. The number of hydrogen-bond acceptors (Lipinski definition) is 3. The molecule has 0 aliphatic heterocycles. The van der Waals surface area contributed by atoms with Gasteiger partial charge in [-0.25, -0.2) is 4.98 Å². The Morgan fingerprint density at radius 3 is 2.79 bits per heavy atom. The standard InChI is InChI=1S/C15H16N2OS/c1-10-16-14(9-19-10)12-7-2-3-8-13(12)17-15(18)11-5-4-6-11/h2-3,7-9,11H,4-6H2,1H3,(H,17,18). The first kappa shape index (κ1) is 12.4. The second kappa shape index (κ2) is 5.13. The molecule has 1 aliphatic rings. The fraction of sp³-hybridized carbons (Fsp3) is 0.333. The van der Waals surface area contributed by atoms with E-state index >= 15 is 0 Å². The predicted octanol–water partition coefficient (Wildman–Crippen LogP) is 3.86. The van der Waals surface area contributed by atoms with Crippen LogP contribution in [0, 0.1) is 12.8 Å². The smallest absolute Gasteiger partial charge is 0.227 e. The molecule has 2 aromatic rings. The molecule has 0 atom stereocenters. The van der Waals surface area contributed by atoms with Crippen LogP contribution in [-0.2, 0) is 4.79 Å². The van der Waals surface area contributed by atoms with Crippen LogP contribution in [0.2, 0.25) is 0 Å². The number of thiazole rings is 1. The third-order valence-electron chi connectivity index (χ3n) is 3.56. The minimum Gasteiger partial charge on any atom is -0.325 e. The summed E-state index contributed by atoms with van der Waals surface area (Å²) in [6.07, 6.45) is 3.21. The van der Waals surface area contributed by atoms with E-state index in [2.05, 4.69) is 10.3 Å². The summed E-state index contributed by atoms with van der Waals surface area (Å²) in [5.74, 6) is 0.343. The van der Waals surface area contributed by atoms with Gasteiger partial charge < -0.3 is 5.32 Å². The highest BCUT2D eigenvalue weighted by molar-refractivity contribution is 7.09. The number of para-hydroxylation sites is 1. The van der Waals surface area contributed by atoms with Crippen LogP contribution in [0.3, 0.4) is 0 Å². The zero-order valence-electron chi connectivity index (χ0n) is 10.8. The van der Waals surface area contributed by atoms with Crippen LogP contribution in [0.4, 0.5) is 5.69 Å². The molecule has 98 valence electrons. The second-order valence-electron chi connectivity index (χ2n) is 4.91. The molecule has 1 aromatic heterocycles. The van der Waals surface area contributed by atoms with Gasteiger partial charge in [0.1, 0.15) is 0 Å². The van der Waals surface area contributed by atoms with Gasteiger partial charge in [0.2, 0.25) is 5.91 Å². The lowest BCUT2D eigenvalue weighted by molar-refractivity contribution is -0.122. The SMILES string of the molecule is Cc1nc(-c2ccccc2NC(=O)C2CCC2)cs1. The van der Waals surface area contributed by atoms with Crippen molar-refractivity contribution < 1.29 is 4.79 Å². The van der Waals surface area contributed by atoms with Gasteiger partial charge in [0.15, 0.2) is 0 Å². The first-order valence-corrected chi connectivity index (χ1v) is 7.44. The molecule has 3 nitrogen and oxygen atoms in total. The van der Waals surface area contributed by atoms with Crippen molar-refractivity contribution >= 4 is 22.9 Å². The second-order valence-corrected chi connectivity index (χ2v) is 5.98. The molecule has 0 spiro atoms. The van der Waals surface area contributed by atoms with Gasteiger partial charge in [-0.05, 0) is 25.8 Å². The number of anilines is 1. The first-order valence-electron chi connectivity index (χ1n) is 6.56. The Morgan fingerprint density at radius 2 is 2.16 bits per heavy atom. The van der Waals surface area contributed by atoms with E-state index in [0.29, 0.717) is 0 Å². The van der Waals surface area contributed by atoms with Crippen molar-refractivity contribution in [2.75, 3.05) is 5.32 Å². The highest BCUT2D eigenvalue weighted by atomic mass is 32.1. The quantitative estimate of drug-likeness (QED) is 0.922. The maximum Gasteiger partial charge on any atom is 0.227 e. The van der Waals surface area contributed by atoms with E-state index in [1.807, 2.05) is 36.6 Å². The Balaban J connectivity index is 1.86. The van der Waals surface area contributed by atoms with Crippen molar-refractivity contribution in [2.24, 2.45) is 5.92 Å². The van der Waals surface area contributed by atoms with Crippen LogP contribution in [0.25, 0.3) is 11.3 Å². The molecule has 1 N–H and O–H groups in total. The molecule has 1 saturated carbocycles. The van der Waals surface area contributed by atoms with Gasteiger partial charge in [0.05, 0.1) is 16.4 Å². The molecule has 4 heteroatoms. The maximum absolute atomic E-state index is 12.1. The topological polar surface area (TPSA) is 42.0 Å². The lowest BCUT2D eigenvalue weighted by Crippen LogP contribution is -2.28.